The van der Waals surface area contributed by atoms with Crippen molar-refractivity contribution in [3.8, 4) is 10.6 Å². The average Bonchev–Trinajstić information content (AvgIpc) is 2.86. The minimum absolute atomic E-state index is 0.121. The molecule has 2 aromatic rings. The highest BCUT2D eigenvalue weighted by molar-refractivity contribution is 7.13. The van der Waals surface area contributed by atoms with Crippen molar-refractivity contribution in [1.82, 2.24) is 5.16 Å². The van der Waals surface area contributed by atoms with E-state index in [1.54, 1.807) is 6.07 Å². The summed E-state index contributed by atoms with van der Waals surface area (Å²) < 4.78 is 9.32. The highest BCUT2D eigenvalue weighted by Crippen LogP contribution is 2.23. The molecule has 0 saturated heterocycles. The summed E-state index contributed by atoms with van der Waals surface area (Å²) in [5, 5.41) is 5.69. The lowest BCUT2D eigenvalue weighted by Crippen LogP contribution is -1.98. The van der Waals surface area contributed by atoms with Gasteiger partial charge >= 0.3 is 5.97 Å². The summed E-state index contributed by atoms with van der Waals surface area (Å²) in [6.07, 6.45) is 0. The normalized spacial score (nSPS) is 10.1. The monoisotopic (exact) mass is 209 g/mol. The van der Waals surface area contributed by atoms with Crippen LogP contribution in [0.1, 0.15) is 10.6 Å². The number of hydrogen-bond acceptors (Lipinski definition) is 5. The molecule has 0 unspecified atom stereocenters. The maximum absolute atomic E-state index is 11.0. The first kappa shape index (κ1) is 8.96. The summed E-state index contributed by atoms with van der Waals surface area (Å²) in [6, 6.07) is 5.38. The molecule has 0 radical (unpaired) electrons. The number of rotatable bonds is 2. The number of aromatic nitrogens is 1. The van der Waals surface area contributed by atoms with Gasteiger partial charge < -0.3 is 9.26 Å². The number of esters is 1. The van der Waals surface area contributed by atoms with Crippen LogP contribution in [0.3, 0.4) is 0 Å². The van der Waals surface area contributed by atoms with Gasteiger partial charge in [-0.3, -0.25) is 0 Å². The van der Waals surface area contributed by atoms with Gasteiger partial charge in [0.2, 0.25) is 5.76 Å². The Balaban J connectivity index is 2.31. The van der Waals surface area contributed by atoms with Crippen molar-refractivity contribution in [2.45, 2.75) is 0 Å². The summed E-state index contributed by atoms with van der Waals surface area (Å²) >= 11 is 1.53. The van der Waals surface area contributed by atoms with Crippen LogP contribution in [0.2, 0.25) is 0 Å². The van der Waals surface area contributed by atoms with Crippen LogP contribution in [0, 0.1) is 0 Å². The Bertz CT molecular complexity index is 433. The van der Waals surface area contributed by atoms with E-state index in [4.69, 9.17) is 4.52 Å². The summed E-state index contributed by atoms with van der Waals surface area (Å²) in [4.78, 5) is 12.0. The lowest BCUT2D eigenvalue weighted by Gasteiger charge is -1.88. The zero-order chi connectivity index (χ0) is 9.97. The van der Waals surface area contributed by atoms with Gasteiger partial charge in [0.25, 0.3) is 0 Å². The van der Waals surface area contributed by atoms with Gasteiger partial charge in [0, 0.05) is 6.07 Å². The van der Waals surface area contributed by atoms with Crippen molar-refractivity contribution in [1.29, 1.82) is 0 Å². The molecule has 4 nitrogen and oxygen atoms in total. The van der Waals surface area contributed by atoms with E-state index >= 15 is 0 Å². The molecular weight excluding hydrogens is 202 g/mol. The summed E-state index contributed by atoms with van der Waals surface area (Å²) in [5.41, 5.74) is 0.653. The van der Waals surface area contributed by atoms with Crippen molar-refractivity contribution in [2.24, 2.45) is 0 Å². The number of ether oxygens (including phenoxy) is 1. The van der Waals surface area contributed by atoms with Crippen molar-refractivity contribution >= 4 is 17.3 Å². The third kappa shape index (κ3) is 1.54. The second-order valence-electron chi connectivity index (χ2n) is 2.55. The van der Waals surface area contributed by atoms with E-state index in [0.717, 1.165) is 4.88 Å². The third-order valence-corrected chi connectivity index (χ3v) is 2.56. The highest BCUT2D eigenvalue weighted by Gasteiger charge is 2.14. The molecule has 72 valence electrons. The van der Waals surface area contributed by atoms with E-state index in [9.17, 15) is 4.79 Å². The van der Waals surface area contributed by atoms with Crippen molar-refractivity contribution < 1.29 is 14.1 Å². The first-order chi connectivity index (χ1) is 6.81. The molecular formula is C9H7NO3S. The zero-order valence-corrected chi connectivity index (χ0v) is 8.21. The molecule has 2 rings (SSSR count). The Morgan fingerprint density at radius 3 is 3.14 bits per heavy atom. The number of carbonyl (C=O) groups is 1. The fourth-order valence-corrected chi connectivity index (χ4v) is 1.69. The number of carbonyl (C=O) groups excluding carboxylic acids is 1. The molecule has 0 aliphatic heterocycles. The maximum Gasteiger partial charge on any atom is 0.376 e. The first-order valence-electron chi connectivity index (χ1n) is 3.90. The topological polar surface area (TPSA) is 52.3 Å². The Morgan fingerprint density at radius 2 is 2.50 bits per heavy atom. The molecule has 0 aliphatic carbocycles. The minimum Gasteiger partial charge on any atom is -0.463 e. The molecule has 0 N–H and O–H groups in total. The van der Waals surface area contributed by atoms with Crippen LogP contribution >= 0.6 is 11.3 Å². The van der Waals surface area contributed by atoms with Crippen LogP contribution in [0.15, 0.2) is 28.1 Å². The highest BCUT2D eigenvalue weighted by atomic mass is 32.1. The summed E-state index contributed by atoms with van der Waals surface area (Å²) in [5.74, 6) is -0.392. The average molecular weight is 209 g/mol. The van der Waals surface area contributed by atoms with Gasteiger partial charge in [0.05, 0.1) is 12.0 Å². The molecule has 0 bridgehead atoms. The van der Waals surface area contributed by atoms with Crippen LogP contribution in [-0.2, 0) is 4.74 Å². The second-order valence-corrected chi connectivity index (χ2v) is 3.49. The molecule has 0 aromatic carbocycles. The Labute approximate surface area is 84.1 Å². The lowest BCUT2D eigenvalue weighted by molar-refractivity contribution is 0.0554. The summed E-state index contributed by atoms with van der Waals surface area (Å²) in [6.45, 7) is 0. The van der Waals surface area contributed by atoms with Gasteiger partial charge in [-0.15, -0.1) is 11.3 Å². The van der Waals surface area contributed by atoms with Crippen LogP contribution in [-0.4, -0.2) is 18.2 Å². The molecule has 0 saturated carbocycles. The number of hydrogen-bond donors (Lipinski definition) is 0. The molecule has 14 heavy (non-hydrogen) atoms. The fraction of sp³-hybridized carbons (Fsp3) is 0.111. The maximum atomic E-state index is 11.0. The molecule has 0 spiro atoms. The van der Waals surface area contributed by atoms with Crippen LogP contribution in [0.4, 0.5) is 0 Å². The van der Waals surface area contributed by atoms with E-state index < -0.39 is 5.97 Å². The largest absolute Gasteiger partial charge is 0.463 e. The number of methoxy groups -OCH3 is 1. The molecule has 0 fully saturated rings. The molecule has 0 aliphatic rings. The smallest absolute Gasteiger partial charge is 0.376 e. The summed E-state index contributed by atoms with van der Waals surface area (Å²) in [7, 11) is 1.30. The molecule has 2 heterocycles. The van der Waals surface area contributed by atoms with Crippen LogP contribution in [0.25, 0.3) is 10.6 Å². The van der Waals surface area contributed by atoms with Gasteiger partial charge in [0.1, 0.15) is 5.69 Å². The van der Waals surface area contributed by atoms with Crippen LogP contribution in [0.5, 0.6) is 0 Å². The van der Waals surface area contributed by atoms with Gasteiger partial charge in [-0.1, -0.05) is 11.2 Å². The predicted octanol–water partition coefficient (Wildman–Crippen LogP) is 2.19. The van der Waals surface area contributed by atoms with Gasteiger partial charge in [-0.25, -0.2) is 4.79 Å². The standard InChI is InChI=1S/C9H7NO3S/c1-12-9(11)7-5-6(10-13-7)8-3-2-4-14-8/h2-5H,1H3. The van der Waals surface area contributed by atoms with Crippen LogP contribution < -0.4 is 0 Å². The molecule has 0 atom stereocenters. The van der Waals surface area contributed by atoms with Gasteiger partial charge in [-0.05, 0) is 11.4 Å². The molecule has 5 heteroatoms. The lowest BCUT2D eigenvalue weighted by atomic mass is 10.3. The Kier molecular flexibility index (Phi) is 2.32. The molecule has 2 aromatic heterocycles. The van der Waals surface area contributed by atoms with E-state index in [-0.39, 0.29) is 5.76 Å². The van der Waals surface area contributed by atoms with Crippen molar-refractivity contribution in [3.05, 3.63) is 29.3 Å². The van der Waals surface area contributed by atoms with Gasteiger partial charge in [0.15, 0.2) is 0 Å². The number of nitrogens with zero attached hydrogens (tertiary/aromatic N) is 1. The van der Waals surface area contributed by atoms with E-state index in [2.05, 4.69) is 9.89 Å². The van der Waals surface area contributed by atoms with E-state index in [1.165, 1.54) is 18.4 Å². The van der Waals surface area contributed by atoms with Gasteiger partial charge in [-0.2, -0.15) is 0 Å². The molecule has 0 amide bonds. The minimum atomic E-state index is -0.514. The fourth-order valence-electron chi connectivity index (χ4n) is 1.01. The Hall–Kier alpha value is -1.62. The zero-order valence-electron chi connectivity index (χ0n) is 7.39. The quantitative estimate of drug-likeness (QED) is 0.711. The van der Waals surface area contributed by atoms with Crippen molar-refractivity contribution in [3.63, 3.8) is 0 Å². The second kappa shape index (κ2) is 3.63. The SMILES string of the molecule is COC(=O)c1cc(-c2cccs2)no1. The number of thiophene rings is 1. The van der Waals surface area contributed by atoms with Crippen molar-refractivity contribution in [2.75, 3.05) is 7.11 Å². The Morgan fingerprint density at radius 1 is 1.64 bits per heavy atom. The predicted molar refractivity (Wildman–Crippen MR) is 51.2 cm³/mol. The third-order valence-electron chi connectivity index (χ3n) is 1.67. The van der Waals surface area contributed by atoms with E-state index in [0.29, 0.717) is 5.69 Å². The first-order valence-corrected chi connectivity index (χ1v) is 4.78. The van der Waals surface area contributed by atoms with E-state index in [1.807, 2.05) is 17.5 Å².